The van der Waals surface area contributed by atoms with Crippen LogP contribution in [0.1, 0.15) is 5.56 Å². The molecule has 0 saturated heterocycles. The Labute approximate surface area is 80.0 Å². The van der Waals surface area contributed by atoms with Crippen LogP contribution < -0.4 is 4.90 Å². The number of nitrogens with zero attached hydrogens (tertiary/aromatic N) is 1. The molecule has 0 radical (unpaired) electrons. The van der Waals surface area contributed by atoms with Crippen molar-refractivity contribution in [3.05, 3.63) is 54.8 Å². The third-order valence-electron chi connectivity index (χ3n) is 1.89. The molecule has 0 aliphatic rings. The van der Waals surface area contributed by atoms with E-state index in [4.69, 9.17) is 0 Å². The van der Waals surface area contributed by atoms with E-state index >= 15 is 0 Å². The zero-order chi connectivity index (χ0) is 9.68. The molecule has 0 fully saturated rings. The molecule has 0 N–H and O–H groups in total. The van der Waals surface area contributed by atoms with E-state index in [-0.39, 0.29) is 0 Å². The van der Waals surface area contributed by atoms with Gasteiger partial charge in [0.2, 0.25) is 0 Å². The number of aryl methyl sites for hydroxylation is 1. The summed E-state index contributed by atoms with van der Waals surface area (Å²) in [6.45, 7) is 5.71. The van der Waals surface area contributed by atoms with Gasteiger partial charge in [0.25, 0.3) is 0 Å². The predicted octanol–water partition coefficient (Wildman–Crippen LogP) is 3.13. The monoisotopic (exact) mass is 173 g/mol. The molecule has 0 heterocycles. The number of benzene rings is 1. The minimum Gasteiger partial charge on any atom is -0.351 e. The van der Waals surface area contributed by atoms with E-state index in [0.29, 0.717) is 0 Å². The van der Waals surface area contributed by atoms with E-state index < -0.39 is 0 Å². The van der Waals surface area contributed by atoms with Gasteiger partial charge in [0.05, 0.1) is 0 Å². The lowest BCUT2D eigenvalue weighted by Crippen LogP contribution is -2.06. The normalized spacial score (nSPS) is 10.3. The highest BCUT2D eigenvalue weighted by molar-refractivity contribution is 5.49. The molecule has 1 heteroatoms. The Morgan fingerprint density at radius 1 is 1.23 bits per heavy atom. The molecule has 0 aliphatic carbocycles. The minimum atomic E-state index is 1.18. The summed E-state index contributed by atoms with van der Waals surface area (Å²) in [5.41, 5.74) is 2.47. The fourth-order valence-corrected chi connectivity index (χ4v) is 1.06. The van der Waals surface area contributed by atoms with Gasteiger partial charge in [0.1, 0.15) is 0 Å². The Hall–Kier alpha value is -1.50. The second-order valence-corrected chi connectivity index (χ2v) is 3.02. The van der Waals surface area contributed by atoms with Gasteiger partial charge in [-0.15, -0.1) is 0 Å². The Morgan fingerprint density at radius 3 is 2.38 bits per heavy atom. The maximum absolute atomic E-state index is 3.63. The molecule has 1 rings (SSSR count). The van der Waals surface area contributed by atoms with Crippen LogP contribution in [0.2, 0.25) is 0 Å². The molecule has 0 amide bonds. The van der Waals surface area contributed by atoms with Gasteiger partial charge in [-0.1, -0.05) is 30.4 Å². The van der Waals surface area contributed by atoms with Crippen LogP contribution in [0, 0.1) is 6.92 Å². The summed E-state index contributed by atoms with van der Waals surface area (Å²) in [7, 11) is 2.02. The van der Waals surface area contributed by atoms with Gasteiger partial charge >= 0.3 is 0 Å². The average molecular weight is 173 g/mol. The van der Waals surface area contributed by atoms with Crippen molar-refractivity contribution in [2.45, 2.75) is 6.92 Å². The molecule has 0 aliphatic heterocycles. The number of rotatable bonds is 3. The van der Waals surface area contributed by atoms with Crippen molar-refractivity contribution < 1.29 is 0 Å². The number of hydrogen-bond donors (Lipinski definition) is 0. The first-order valence-corrected chi connectivity index (χ1v) is 4.33. The zero-order valence-electron chi connectivity index (χ0n) is 8.20. The van der Waals surface area contributed by atoms with Crippen molar-refractivity contribution in [1.29, 1.82) is 0 Å². The maximum atomic E-state index is 3.63. The van der Waals surface area contributed by atoms with Crippen LogP contribution in [0.25, 0.3) is 0 Å². The Bertz CT molecular complexity index is 295. The average Bonchev–Trinajstić information content (AvgIpc) is 2.15. The van der Waals surface area contributed by atoms with Crippen LogP contribution in [-0.4, -0.2) is 7.05 Å². The van der Waals surface area contributed by atoms with Crippen molar-refractivity contribution in [1.82, 2.24) is 0 Å². The largest absolute Gasteiger partial charge is 0.351 e. The van der Waals surface area contributed by atoms with E-state index in [2.05, 4.69) is 42.7 Å². The molecule has 0 saturated carbocycles. The molecule has 0 unspecified atom stereocenters. The second-order valence-electron chi connectivity index (χ2n) is 3.02. The predicted molar refractivity (Wildman–Crippen MR) is 58.9 cm³/mol. The molecule has 0 spiro atoms. The summed E-state index contributed by atoms with van der Waals surface area (Å²) in [5.74, 6) is 0. The van der Waals surface area contributed by atoms with Crippen molar-refractivity contribution in [3.63, 3.8) is 0 Å². The Kier molecular flexibility index (Phi) is 3.32. The standard InChI is InChI=1S/C12H15N/c1-4-5-10-13(3)12-8-6-11(2)7-9-12/h4-10H,1H2,2-3H3/b10-5-. The molecule has 1 nitrogen and oxygen atoms in total. The smallest absolute Gasteiger partial charge is 0.0403 e. The van der Waals surface area contributed by atoms with Gasteiger partial charge < -0.3 is 4.90 Å². The van der Waals surface area contributed by atoms with Gasteiger partial charge in [-0.3, -0.25) is 0 Å². The lowest BCUT2D eigenvalue weighted by atomic mass is 10.2. The molecular weight excluding hydrogens is 158 g/mol. The van der Waals surface area contributed by atoms with Crippen LogP contribution in [0.3, 0.4) is 0 Å². The summed E-state index contributed by atoms with van der Waals surface area (Å²) in [6, 6.07) is 8.41. The molecule has 0 bridgehead atoms. The zero-order valence-corrected chi connectivity index (χ0v) is 8.20. The quantitative estimate of drug-likeness (QED) is 0.635. The van der Waals surface area contributed by atoms with Gasteiger partial charge in [0.15, 0.2) is 0 Å². The number of allylic oxidation sites excluding steroid dienone is 2. The summed E-state index contributed by atoms with van der Waals surface area (Å²) in [6.07, 6.45) is 5.67. The van der Waals surface area contributed by atoms with E-state index in [1.54, 1.807) is 6.08 Å². The first-order valence-electron chi connectivity index (χ1n) is 4.33. The highest BCUT2D eigenvalue weighted by atomic mass is 15.1. The summed E-state index contributed by atoms with van der Waals surface area (Å²) >= 11 is 0. The maximum Gasteiger partial charge on any atom is 0.0403 e. The molecule has 13 heavy (non-hydrogen) atoms. The molecule has 1 aromatic carbocycles. The fraction of sp³-hybridized carbons (Fsp3) is 0.167. The van der Waals surface area contributed by atoms with Crippen LogP contribution in [0.5, 0.6) is 0 Å². The Balaban J connectivity index is 2.77. The molecule has 68 valence electrons. The lowest BCUT2D eigenvalue weighted by molar-refractivity contribution is 1.20. The van der Waals surface area contributed by atoms with E-state index in [1.807, 2.05) is 19.3 Å². The third kappa shape index (κ3) is 2.79. The first kappa shape index (κ1) is 9.59. The first-order chi connectivity index (χ1) is 6.24. The summed E-state index contributed by atoms with van der Waals surface area (Å²) < 4.78 is 0. The van der Waals surface area contributed by atoms with Gasteiger partial charge in [0, 0.05) is 18.9 Å². The Morgan fingerprint density at radius 2 is 1.85 bits per heavy atom. The summed E-state index contributed by atoms with van der Waals surface area (Å²) in [4.78, 5) is 2.06. The SMILES string of the molecule is C=C/C=C\N(C)c1ccc(C)cc1. The number of anilines is 1. The van der Waals surface area contributed by atoms with Crippen molar-refractivity contribution in [2.75, 3.05) is 11.9 Å². The molecular formula is C12H15N. The van der Waals surface area contributed by atoms with E-state index in [9.17, 15) is 0 Å². The third-order valence-corrected chi connectivity index (χ3v) is 1.89. The summed E-state index contributed by atoms with van der Waals surface area (Å²) in [5, 5.41) is 0. The number of hydrogen-bond acceptors (Lipinski definition) is 1. The van der Waals surface area contributed by atoms with Crippen molar-refractivity contribution in [2.24, 2.45) is 0 Å². The van der Waals surface area contributed by atoms with Crippen LogP contribution in [0.15, 0.2) is 49.2 Å². The van der Waals surface area contributed by atoms with Crippen molar-refractivity contribution >= 4 is 5.69 Å². The van der Waals surface area contributed by atoms with Crippen LogP contribution in [0.4, 0.5) is 5.69 Å². The van der Waals surface area contributed by atoms with E-state index in [0.717, 1.165) is 0 Å². The van der Waals surface area contributed by atoms with Crippen LogP contribution >= 0.6 is 0 Å². The van der Waals surface area contributed by atoms with Crippen LogP contribution in [-0.2, 0) is 0 Å². The lowest BCUT2D eigenvalue weighted by Gasteiger charge is -2.13. The second kappa shape index (κ2) is 4.51. The highest BCUT2D eigenvalue weighted by Crippen LogP contribution is 2.13. The molecule has 1 aromatic rings. The fourth-order valence-electron chi connectivity index (χ4n) is 1.06. The molecule has 0 aromatic heterocycles. The highest BCUT2D eigenvalue weighted by Gasteiger charge is 1.93. The van der Waals surface area contributed by atoms with Gasteiger partial charge in [-0.05, 0) is 25.1 Å². The van der Waals surface area contributed by atoms with E-state index in [1.165, 1.54) is 11.3 Å². The minimum absolute atomic E-state index is 1.18. The molecule has 0 atom stereocenters. The van der Waals surface area contributed by atoms with Gasteiger partial charge in [-0.2, -0.15) is 0 Å². The van der Waals surface area contributed by atoms with Crippen molar-refractivity contribution in [3.8, 4) is 0 Å². The van der Waals surface area contributed by atoms with Gasteiger partial charge in [-0.25, -0.2) is 0 Å². The topological polar surface area (TPSA) is 3.24 Å².